The van der Waals surface area contributed by atoms with Gasteiger partial charge in [-0.1, -0.05) is 36.6 Å². The van der Waals surface area contributed by atoms with Crippen LogP contribution in [-0.4, -0.2) is 29.2 Å². The second kappa shape index (κ2) is 2.08. The van der Waals surface area contributed by atoms with E-state index in [4.69, 9.17) is 0 Å². The molecule has 0 atom stereocenters. The predicted molar refractivity (Wildman–Crippen MR) is 66.8 cm³/mol. The van der Waals surface area contributed by atoms with Gasteiger partial charge in [-0.2, -0.15) is 8.24 Å². The van der Waals surface area contributed by atoms with Crippen LogP contribution in [0.5, 0.6) is 0 Å². The molecule has 0 amide bonds. The molecule has 0 bridgehead atoms. The summed E-state index contributed by atoms with van der Waals surface area (Å²) in [5.74, 6) is 17.2. The van der Waals surface area contributed by atoms with Crippen LogP contribution in [0.1, 0.15) is 0 Å². The van der Waals surface area contributed by atoms with Crippen molar-refractivity contribution in [2.75, 3.05) is 5.75 Å². The summed E-state index contributed by atoms with van der Waals surface area (Å²) in [4.78, 5) is 1.01. The van der Waals surface area contributed by atoms with Crippen molar-refractivity contribution >= 4 is 40.0 Å². The highest BCUT2D eigenvalue weighted by molar-refractivity contribution is 9.03. The minimum atomic E-state index is -1.29. The molecular formula is C9H14S2. The number of allylic oxidation sites excluding steroid dienone is 1. The summed E-state index contributed by atoms with van der Waals surface area (Å²) in [5.41, 5.74) is 1.06. The fourth-order valence-electron chi connectivity index (χ4n) is 0.987. The molecule has 62 valence electrons. The molecule has 0 radical (unpaired) electrons. The van der Waals surface area contributed by atoms with Crippen LogP contribution >= 0.6 is 16.5 Å². The topological polar surface area (TPSA) is 0 Å². The first-order valence-corrected chi connectivity index (χ1v) is 7.75. The third-order valence-electron chi connectivity index (χ3n) is 1.96. The lowest BCUT2D eigenvalue weighted by Crippen LogP contribution is -1.75. The zero-order valence-electron chi connectivity index (χ0n) is 6.77. The van der Waals surface area contributed by atoms with Crippen LogP contribution in [0.4, 0.5) is 0 Å². The molecule has 1 fully saturated rings. The third kappa shape index (κ3) is 1.01. The fourth-order valence-corrected chi connectivity index (χ4v) is 5.88. The Morgan fingerprint density at radius 3 is 1.55 bits per heavy atom. The SMILES string of the molecule is C=C1CS(=C)(=C)S(=C)(=C)C1=C. The molecular weight excluding hydrogens is 172 g/mol. The van der Waals surface area contributed by atoms with Gasteiger partial charge in [0.15, 0.2) is 0 Å². The zero-order valence-corrected chi connectivity index (χ0v) is 8.40. The van der Waals surface area contributed by atoms with Crippen LogP contribution in [0.25, 0.3) is 0 Å². The highest BCUT2D eigenvalue weighted by Gasteiger charge is 2.21. The number of hydrogen-bond donors (Lipinski definition) is 0. The lowest BCUT2D eigenvalue weighted by atomic mass is 10.3. The van der Waals surface area contributed by atoms with Crippen LogP contribution in [-0.2, 0) is 0 Å². The number of hydrogen-bond acceptors (Lipinski definition) is 0. The van der Waals surface area contributed by atoms with E-state index in [0.717, 1.165) is 16.2 Å². The Hall–Kier alpha value is -0.340. The molecule has 1 aliphatic heterocycles. The Bertz CT molecular complexity index is 414. The van der Waals surface area contributed by atoms with E-state index in [1.165, 1.54) is 0 Å². The summed E-state index contributed by atoms with van der Waals surface area (Å²) in [5, 5.41) is 0. The van der Waals surface area contributed by atoms with E-state index in [0.29, 0.717) is 0 Å². The predicted octanol–water partition coefficient (Wildman–Crippen LogP) is 2.32. The van der Waals surface area contributed by atoms with Crippen molar-refractivity contribution < 1.29 is 0 Å². The van der Waals surface area contributed by atoms with Crippen molar-refractivity contribution in [3.63, 3.8) is 0 Å². The van der Waals surface area contributed by atoms with E-state index >= 15 is 0 Å². The number of rotatable bonds is 0. The average Bonchev–Trinajstić information content (AvgIpc) is 1.93. The van der Waals surface area contributed by atoms with Crippen LogP contribution < -0.4 is 0 Å². The molecule has 11 heavy (non-hydrogen) atoms. The Kier molecular flexibility index (Phi) is 1.66. The first kappa shape index (κ1) is 8.75. The van der Waals surface area contributed by atoms with Gasteiger partial charge in [-0.25, -0.2) is 0 Å². The first-order valence-electron chi connectivity index (χ1n) is 3.12. The molecule has 0 nitrogen and oxygen atoms in total. The lowest BCUT2D eigenvalue weighted by molar-refractivity contribution is 1.60. The molecule has 0 spiro atoms. The molecule has 0 aromatic rings. The van der Waals surface area contributed by atoms with E-state index in [-0.39, 0.29) is 0 Å². The minimum absolute atomic E-state index is 0.869. The Morgan fingerprint density at radius 1 is 1.00 bits per heavy atom. The monoisotopic (exact) mass is 186 g/mol. The van der Waals surface area contributed by atoms with Crippen molar-refractivity contribution in [1.29, 1.82) is 0 Å². The normalized spacial score (nSPS) is 27.3. The van der Waals surface area contributed by atoms with E-state index in [1.807, 2.05) is 0 Å². The quantitative estimate of drug-likeness (QED) is 0.402. The molecule has 0 aromatic carbocycles. The molecule has 0 aliphatic carbocycles. The van der Waals surface area contributed by atoms with E-state index in [1.54, 1.807) is 0 Å². The maximum absolute atomic E-state index is 4.09. The highest BCUT2D eigenvalue weighted by Crippen LogP contribution is 2.62. The van der Waals surface area contributed by atoms with Crippen LogP contribution in [0.15, 0.2) is 23.6 Å². The Morgan fingerprint density at radius 2 is 1.45 bits per heavy atom. The smallest absolute Gasteiger partial charge is 0.0169 e. The standard InChI is InChI=1S/C9H14S2/c1-8-7-10(3,4)11(5,6)9(8)2/h1-7H2. The molecule has 1 saturated heterocycles. The van der Waals surface area contributed by atoms with Crippen LogP contribution in [0.3, 0.4) is 0 Å². The summed E-state index contributed by atoms with van der Waals surface area (Å²) < 4.78 is 0. The molecule has 1 heterocycles. The van der Waals surface area contributed by atoms with Crippen LogP contribution in [0, 0.1) is 0 Å². The largest absolute Gasteiger partial charge is 0.169 e. The summed E-state index contributed by atoms with van der Waals surface area (Å²) in [7, 11) is -2.45. The van der Waals surface area contributed by atoms with Crippen molar-refractivity contribution in [2.45, 2.75) is 0 Å². The summed E-state index contributed by atoms with van der Waals surface area (Å²) in [6, 6.07) is 0. The Labute approximate surface area is 69.6 Å². The van der Waals surface area contributed by atoms with Gasteiger partial charge in [0.05, 0.1) is 0 Å². The summed E-state index contributed by atoms with van der Waals surface area (Å²) >= 11 is 0. The van der Waals surface area contributed by atoms with Gasteiger partial charge in [-0.3, -0.25) is 0 Å². The Balaban J connectivity index is 3.62. The van der Waals surface area contributed by atoms with Crippen molar-refractivity contribution in [3.05, 3.63) is 23.6 Å². The molecule has 0 saturated carbocycles. The molecule has 0 N–H and O–H groups in total. The van der Waals surface area contributed by atoms with Crippen LogP contribution in [0.2, 0.25) is 0 Å². The molecule has 0 aromatic heterocycles. The van der Waals surface area contributed by atoms with E-state index < -0.39 is 16.5 Å². The average molecular weight is 186 g/mol. The molecule has 2 heteroatoms. The van der Waals surface area contributed by atoms with Gasteiger partial charge in [0.25, 0.3) is 0 Å². The lowest BCUT2D eigenvalue weighted by Gasteiger charge is -2.14. The second-order valence-corrected chi connectivity index (χ2v) is 11.3. The highest BCUT2D eigenvalue weighted by atomic mass is 33.2. The van der Waals surface area contributed by atoms with Crippen molar-refractivity contribution in [3.8, 4) is 0 Å². The molecule has 1 aliphatic rings. The fraction of sp³-hybridized carbons (Fsp3) is 0.111. The maximum Gasteiger partial charge on any atom is 0.0169 e. The summed E-state index contributed by atoms with van der Waals surface area (Å²) in [6.07, 6.45) is 0. The van der Waals surface area contributed by atoms with Gasteiger partial charge in [0, 0.05) is 10.7 Å². The van der Waals surface area contributed by atoms with Gasteiger partial charge in [-0.05, 0) is 5.57 Å². The van der Waals surface area contributed by atoms with E-state index in [2.05, 4.69) is 36.6 Å². The summed E-state index contributed by atoms with van der Waals surface area (Å²) in [6.45, 7) is 7.85. The van der Waals surface area contributed by atoms with Gasteiger partial charge < -0.3 is 0 Å². The first-order chi connectivity index (χ1) is 4.79. The van der Waals surface area contributed by atoms with Crippen molar-refractivity contribution in [2.24, 2.45) is 0 Å². The maximum atomic E-state index is 4.09. The molecule has 1 rings (SSSR count). The third-order valence-corrected chi connectivity index (χ3v) is 10.4. The molecule has 0 unspecified atom stereocenters. The second-order valence-electron chi connectivity index (χ2n) is 2.95. The van der Waals surface area contributed by atoms with Gasteiger partial charge in [0.1, 0.15) is 0 Å². The minimum Gasteiger partial charge on any atom is -0.169 e. The van der Waals surface area contributed by atoms with Gasteiger partial charge in [0.2, 0.25) is 0 Å². The van der Waals surface area contributed by atoms with Gasteiger partial charge >= 0.3 is 0 Å². The van der Waals surface area contributed by atoms with Crippen molar-refractivity contribution in [1.82, 2.24) is 0 Å². The zero-order chi connectivity index (χ0) is 8.86. The van der Waals surface area contributed by atoms with Gasteiger partial charge in [-0.15, -0.1) is 8.24 Å². The van der Waals surface area contributed by atoms with E-state index in [9.17, 15) is 0 Å².